The molecule has 0 unspecified atom stereocenters. The molecule has 1 saturated heterocycles. The highest BCUT2D eigenvalue weighted by atomic mass is 32.2. The van der Waals surface area contributed by atoms with E-state index in [1.807, 2.05) is 6.08 Å². The molecule has 1 N–H and O–H groups in total. The lowest BCUT2D eigenvalue weighted by molar-refractivity contribution is -0.140. The summed E-state index contributed by atoms with van der Waals surface area (Å²) in [7, 11) is 0. The number of rotatable bonds is 5. The lowest BCUT2D eigenvalue weighted by atomic mass is 10.0. The van der Waals surface area contributed by atoms with Crippen LogP contribution in [0.2, 0.25) is 0 Å². The Hall–Kier alpha value is -0.880. The van der Waals surface area contributed by atoms with Gasteiger partial charge in [-0.05, 0) is 18.8 Å². The van der Waals surface area contributed by atoms with Gasteiger partial charge in [-0.25, -0.2) is 0 Å². The van der Waals surface area contributed by atoms with Crippen molar-refractivity contribution in [3.63, 3.8) is 0 Å². The minimum Gasteiger partial charge on any atom is -0.480 e. The number of hydrogen-bond acceptors (Lipinski definition) is 4. The standard InChI is InChI=1S/C11H15NO3S2/c1-3-7(4-2)5-8-10(15)12(6-9(13)14)11(16)17-8/h5,7H,3-4,6H2,1-2H3,(H,13,14)/b8-5-. The van der Waals surface area contributed by atoms with Crippen molar-refractivity contribution in [3.05, 3.63) is 11.0 Å². The number of thioether (sulfide) groups is 1. The third-order valence-electron chi connectivity index (χ3n) is 2.60. The lowest BCUT2D eigenvalue weighted by Crippen LogP contribution is -2.33. The summed E-state index contributed by atoms with van der Waals surface area (Å²) in [6.07, 6.45) is 3.82. The number of amides is 1. The molecule has 0 atom stereocenters. The Morgan fingerprint density at radius 1 is 1.53 bits per heavy atom. The first-order valence-corrected chi connectivity index (χ1v) is 6.69. The van der Waals surface area contributed by atoms with Crippen LogP contribution >= 0.6 is 24.0 Å². The molecule has 1 fully saturated rings. The van der Waals surface area contributed by atoms with Crippen molar-refractivity contribution >= 4 is 40.2 Å². The second kappa shape index (κ2) is 6.16. The molecule has 0 aromatic heterocycles. The summed E-state index contributed by atoms with van der Waals surface area (Å²) in [5.41, 5.74) is 0. The van der Waals surface area contributed by atoms with Gasteiger partial charge in [0.15, 0.2) is 0 Å². The van der Waals surface area contributed by atoms with Crippen molar-refractivity contribution in [2.45, 2.75) is 26.7 Å². The molecular formula is C11H15NO3S2. The van der Waals surface area contributed by atoms with Crippen LogP contribution in [0.3, 0.4) is 0 Å². The average Bonchev–Trinajstić information content (AvgIpc) is 2.53. The van der Waals surface area contributed by atoms with E-state index in [1.165, 1.54) is 11.8 Å². The van der Waals surface area contributed by atoms with Crippen LogP contribution in [0.25, 0.3) is 0 Å². The van der Waals surface area contributed by atoms with Crippen LogP contribution in [-0.4, -0.2) is 32.7 Å². The maximum absolute atomic E-state index is 11.9. The van der Waals surface area contributed by atoms with E-state index in [1.54, 1.807) is 0 Å². The van der Waals surface area contributed by atoms with Crippen molar-refractivity contribution in [2.75, 3.05) is 6.54 Å². The maximum atomic E-state index is 11.9. The molecule has 17 heavy (non-hydrogen) atoms. The first kappa shape index (κ1) is 14.2. The van der Waals surface area contributed by atoms with Crippen molar-refractivity contribution in [3.8, 4) is 0 Å². The monoisotopic (exact) mass is 273 g/mol. The van der Waals surface area contributed by atoms with E-state index in [0.717, 1.165) is 17.7 Å². The van der Waals surface area contributed by atoms with E-state index in [4.69, 9.17) is 17.3 Å². The molecule has 1 aliphatic rings. The molecule has 0 spiro atoms. The quantitative estimate of drug-likeness (QED) is 0.615. The van der Waals surface area contributed by atoms with Crippen molar-refractivity contribution in [1.29, 1.82) is 0 Å². The fourth-order valence-electron chi connectivity index (χ4n) is 1.52. The molecular weight excluding hydrogens is 258 g/mol. The summed E-state index contributed by atoms with van der Waals surface area (Å²) in [6.45, 7) is 3.76. The Balaban J connectivity index is 2.83. The SMILES string of the molecule is CCC(/C=C1\SC(=S)N(CC(=O)O)C1=O)CC. The Kier molecular flexibility index (Phi) is 5.14. The fraction of sp³-hybridized carbons (Fsp3) is 0.545. The van der Waals surface area contributed by atoms with Crippen molar-refractivity contribution in [2.24, 2.45) is 5.92 Å². The maximum Gasteiger partial charge on any atom is 0.323 e. The predicted molar refractivity (Wildman–Crippen MR) is 71.7 cm³/mol. The zero-order chi connectivity index (χ0) is 13.0. The number of carboxylic acid groups (broad SMARTS) is 1. The van der Waals surface area contributed by atoms with Gasteiger partial charge >= 0.3 is 5.97 Å². The number of hydrogen-bond donors (Lipinski definition) is 1. The number of carbonyl (C=O) groups is 2. The van der Waals surface area contributed by atoms with E-state index in [9.17, 15) is 9.59 Å². The minimum atomic E-state index is -1.05. The highest BCUT2D eigenvalue weighted by Gasteiger charge is 2.33. The molecule has 0 aromatic rings. The van der Waals surface area contributed by atoms with Crippen LogP contribution in [0.4, 0.5) is 0 Å². The van der Waals surface area contributed by atoms with Gasteiger partial charge in [0.05, 0.1) is 4.91 Å². The molecule has 6 heteroatoms. The van der Waals surface area contributed by atoms with Crippen LogP contribution in [0.1, 0.15) is 26.7 Å². The molecule has 4 nitrogen and oxygen atoms in total. The number of aliphatic carboxylic acids is 1. The topological polar surface area (TPSA) is 57.6 Å². The Morgan fingerprint density at radius 2 is 2.12 bits per heavy atom. The van der Waals surface area contributed by atoms with Crippen LogP contribution in [0.15, 0.2) is 11.0 Å². The molecule has 0 radical (unpaired) electrons. The van der Waals surface area contributed by atoms with Crippen molar-refractivity contribution in [1.82, 2.24) is 4.90 Å². The van der Waals surface area contributed by atoms with Gasteiger partial charge in [0.25, 0.3) is 5.91 Å². The van der Waals surface area contributed by atoms with E-state index in [-0.39, 0.29) is 12.5 Å². The van der Waals surface area contributed by atoms with Crippen molar-refractivity contribution < 1.29 is 14.7 Å². The molecule has 1 rings (SSSR count). The predicted octanol–water partition coefficient (Wildman–Crippen LogP) is 2.25. The first-order valence-electron chi connectivity index (χ1n) is 5.46. The summed E-state index contributed by atoms with van der Waals surface area (Å²) in [6, 6.07) is 0. The van der Waals surface area contributed by atoms with Crippen LogP contribution in [-0.2, 0) is 9.59 Å². The van der Waals surface area contributed by atoms with E-state index in [0.29, 0.717) is 15.1 Å². The van der Waals surface area contributed by atoms with Crippen LogP contribution in [0, 0.1) is 5.92 Å². The highest BCUT2D eigenvalue weighted by molar-refractivity contribution is 8.26. The zero-order valence-corrected chi connectivity index (χ0v) is 11.4. The lowest BCUT2D eigenvalue weighted by Gasteiger charge is -2.10. The summed E-state index contributed by atoms with van der Waals surface area (Å²) in [5, 5.41) is 8.69. The summed E-state index contributed by atoms with van der Waals surface area (Å²) < 4.78 is 0.328. The minimum absolute atomic E-state index is 0.283. The molecule has 0 aliphatic carbocycles. The number of carboxylic acids is 1. The van der Waals surface area contributed by atoms with E-state index in [2.05, 4.69) is 13.8 Å². The molecule has 1 heterocycles. The second-order valence-electron chi connectivity index (χ2n) is 3.76. The van der Waals surface area contributed by atoms with E-state index < -0.39 is 5.97 Å². The fourth-order valence-corrected chi connectivity index (χ4v) is 2.84. The Labute approximate surface area is 110 Å². The first-order chi connectivity index (χ1) is 7.99. The normalized spacial score (nSPS) is 18.5. The van der Waals surface area contributed by atoms with Gasteiger partial charge in [-0.15, -0.1) is 0 Å². The molecule has 1 amide bonds. The van der Waals surface area contributed by atoms with Gasteiger partial charge in [-0.2, -0.15) is 0 Å². The number of thiocarbonyl (C=S) groups is 1. The second-order valence-corrected chi connectivity index (χ2v) is 5.44. The molecule has 0 bridgehead atoms. The molecule has 1 aliphatic heterocycles. The average molecular weight is 273 g/mol. The highest BCUT2D eigenvalue weighted by Crippen LogP contribution is 2.32. The summed E-state index contributed by atoms with van der Waals surface area (Å²) in [5.74, 6) is -0.992. The largest absolute Gasteiger partial charge is 0.480 e. The van der Waals surface area contributed by atoms with Gasteiger partial charge in [0, 0.05) is 0 Å². The Bertz CT molecular complexity index is 375. The van der Waals surface area contributed by atoms with E-state index >= 15 is 0 Å². The molecule has 94 valence electrons. The summed E-state index contributed by atoms with van der Waals surface area (Å²) >= 11 is 6.19. The summed E-state index contributed by atoms with van der Waals surface area (Å²) in [4.78, 5) is 24.2. The zero-order valence-electron chi connectivity index (χ0n) is 9.80. The van der Waals surface area contributed by atoms with Gasteiger partial charge < -0.3 is 5.11 Å². The van der Waals surface area contributed by atoms with Crippen LogP contribution < -0.4 is 0 Å². The number of carbonyl (C=O) groups excluding carboxylic acids is 1. The number of allylic oxidation sites excluding steroid dienone is 1. The molecule has 0 saturated carbocycles. The van der Waals surface area contributed by atoms with Crippen LogP contribution in [0.5, 0.6) is 0 Å². The van der Waals surface area contributed by atoms with Gasteiger partial charge in [-0.3, -0.25) is 14.5 Å². The third-order valence-corrected chi connectivity index (χ3v) is 4.00. The molecule has 0 aromatic carbocycles. The van der Waals surface area contributed by atoms with Gasteiger partial charge in [0.1, 0.15) is 10.9 Å². The Morgan fingerprint density at radius 3 is 2.59 bits per heavy atom. The number of nitrogens with zero attached hydrogens (tertiary/aromatic N) is 1. The third kappa shape index (κ3) is 3.54. The van der Waals surface area contributed by atoms with Gasteiger partial charge in [-0.1, -0.05) is 43.9 Å². The smallest absolute Gasteiger partial charge is 0.323 e. The van der Waals surface area contributed by atoms with Gasteiger partial charge in [0.2, 0.25) is 0 Å².